The van der Waals surface area contributed by atoms with E-state index >= 15 is 0 Å². The van der Waals surface area contributed by atoms with Crippen LogP contribution in [0.25, 0.3) is 17.0 Å². The van der Waals surface area contributed by atoms with Crippen molar-refractivity contribution < 1.29 is 4.79 Å². The maximum atomic E-state index is 11.0. The van der Waals surface area contributed by atoms with Crippen LogP contribution in [0.15, 0.2) is 30.3 Å². The zero-order valence-electron chi connectivity index (χ0n) is 9.82. The Hall–Kier alpha value is -1.83. The number of hydrogen-bond acceptors (Lipinski definition) is 1. The number of fused-ring (bicyclic) bond motifs is 1. The molecule has 0 aliphatic heterocycles. The second kappa shape index (κ2) is 3.97. The molecule has 2 aromatic rings. The predicted octanol–water partition coefficient (Wildman–Crippen LogP) is 3.09. The van der Waals surface area contributed by atoms with E-state index in [1.165, 1.54) is 16.6 Å². The summed E-state index contributed by atoms with van der Waals surface area (Å²) < 4.78 is 2.15. The minimum atomic E-state index is 0.0762. The van der Waals surface area contributed by atoms with Crippen LogP contribution in [0.4, 0.5) is 0 Å². The number of allylic oxidation sites excluding steroid dienone is 1. The van der Waals surface area contributed by atoms with Crippen LogP contribution in [0.3, 0.4) is 0 Å². The lowest BCUT2D eigenvalue weighted by atomic mass is 10.1. The van der Waals surface area contributed by atoms with Crippen LogP contribution in [0.5, 0.6) is 0 Å². The Bertz CT molecular complexity index is 576. The Morgan fingerprint density at radius 3 is 2.69 bits per heavy atom. The van der Waals surface area contributed by atoms with Crippen molar-refractivity contribution in [2.45, 2.75) is 13.8 Å². The molecule has 0 atom stereocenters. The third-order valence-electron chi connectivity index (χ3n) is 2.93. The summed E-state index contributed by atoms with van der Waals surface area (Å²) in [5.41, 5.74) is 3.51. The summed E-state index contributed by atoms with van der Waals surface area (Å²) in [7, 11) is 2.04. The van der Waals surface area contributed by atoms with Crippen molar-refractivity contribution in [3.8, 4) is 0 Å². The number of hydrogen-bond donors (Lipinski definition) is 0. The van der Waals surface area contributed by atoms with Gasteiger partial charge in [-0.2, -0.15) is 0 Å². The van der Waals surface area contributed by atoms with Crippen LogP contribution in [0.2, 0.25) is 0 Å². The quantitative estimate of drug-likeness (QED) is 0.703. The number of carbonyl (C=O) groups is 1. The highest BCUT2D eigenvalue weighted by Gasteiger charge is 2.08. The molecule has 0 amide bonds. The molecular weight excluding hydrogens is 198 g/mol. The van der Waals surface area contributed by atoms with E-state index in [-0.39, 0.29) is 5.78 Å². The SMILES string of the molecule is CC(=O)/C=C/c1c(C)n(C)c2ccccc12. The molecule has 0 aliphatic rings. The van der Waals surface area contributed by atoms with Gasteiger partial charge in [-0.3, -0.25) is 4.79 Å². The van der Waals surface area contributed by atoms with Gasteiger partial charge in [-0.05, 0) is 32.1 Å². The third-order valence-corrected chi connectivity index (χ3v) is 2.93. The van der Waals surface area contributed by atoms with Gasteiger partial charge in [0.15, 0.2) is 5.78 Å². The molecule has 0 N–H and O–H groups in total. The van der Waals surface area contributed by atoms with E-state index < -0.39 is 0 Å². The van der Waals surface area contributed by atoms with Gasteiger partial charge in [-0.1, -0.05) is 18.2 Å². The maximum absolute atomic E-state index is 11.0. The fourth-order valence-corrected chi connectivity index (χ4v) is 1.96. The molecule has 0 aliphatic carbocycles. The molecule has 0 saturated heterocycles. The summed E-state index contributed by atoms with van der Waals surface area (Å²) in [5.74, 6) is 0.0762. The molecule has 0 radical (unpaired) electrons. The van der Waals surface area contributed by atoms with E-state index in [9.17, 15) is 4.79 Å². The molecule has 16 heavy (non-hydrogen) atoms. The monoisotopic (exact) mass is 213 g/mol. The van der Waals surface area contributed by atoms with Crippen LogP contribution < -0.4 is 0 Å². The fraction of sp³-hybridized carbons (Fsp3) is 0.214. The van der Waals surface area contributed by atoms with Gasteiger partial charge in [-0.15, -0.1) is 0 Å². The topological polar surface area (TPSA) is 22.0 Å². The number of nitrogens with zero attached hydrogens (tertiary/aromatic N) is 1. The number of carbonyl (C=O) groups excluding carboxylic acids is 1. The number of benzene rings is 1. The normalized spacial score (nSPS) is 11.4. The van der Waals surface area contributed by atoms with Crippen LogP contribution in [-0.2, 0) is 11.8 Å². The molecule has 1 aromatic carbocycles. The molecule has 2 heteroatoms. The standard InChI is InChI=1S/C14H15NO/c1-10(16)8-9-12-11(2)15(3)14-7-5-4-6-13(12)14/h4-9H,1-3H3/b9-8+. The Labute approximate surface area is 95.2 Å². The van der Waals surface area contributed by atoms with Crippen molar-refractivity contribution in [2.75, 3.05) is 0 Å². The summed E-state index contributed by atoms with van der Waals surface area (Å²) in [5, 5.41) is 1.19. The minimum absolute atomic E-state index is 0.0762. The second-order valence-electron chi connectivity index (χ2n) is 4.02. The molecule has 1 aromatic heterocycles. The molecule has 82 valence electrons. The van der Waals surface area contributed by atoms with E-state index in [0.717, 1.165) is 5.56 Å². The second-order valence-corrected chi connectivity index (χ2v) is 4.02. The van der Waals surface area contributed by atoms with E-state index in [1.807, 2.05) is 25.3 Å². The first-order valence-electron chi connectivity index (χ1n) is 5.34. The largest absolute Gasteiger partial charge is 0.347 e. The summed E-state index contributed by atoms with van der Waals surface area (Å²) >= 11 is 0. The molecule has 0 saturated carbocycles. The summed E-state index contributed by atoms with van der Waals surface area (Å²) in [6.45, 7) is 3.64. The van der Waals surface area contributed by atoms with Gasteiger partial charge in [0.2, 0.25) is 0 Å². The zero-order chi connectivity index (χ0) is 11.7. The van der Waals surface area contributed by atoms with Gasteiger partial charge in [0.1, 0.15) is 0 Å². The van der Waals surface area contributed by atoms with Crippen LogP contribution in [0, 0.1) is 6.92 Å². The van der Waals surface area contributed by atoms with Crippen molar-refractivity contribution in [2.24, 2.45) is 7.05 Å². The van der Waals surface area contributed by atoms with Crippen molar-refractivity contribution in [3.63, 3.8) is 0 Å². The van der Waals surface area contributed by atoms with Gasteiger partial charge in [0.05, 0.1) is 0 Å². The highest BCUT2D eigenvalue weighted by molar-refractivity contribution is 5.97. The Morgan fingerprint density at radius 2 is 2.00 bits per heavy atom. The molecule has 2 nitrogen and oxygen atoms in total. The van der Waals surface area contributed by atoms with Gasteiger partial charge in [-0.25, -0.2) is 0 Å². The number of aryl methyl sites for hydroxylation is 1. The lowest BCUT2D eigenvalue weighted by Crippen LogP contribution is -1.90. The van der Waals surface area contributed by atoms with Gasteiger partial charge in [0.25, 0.3) is 0 Å². The van der Waals surface area contributed by atoms with E-state index in [2.05, 4.69) is 23.6 Å². The average Bonchev–Trinajstić information content (AvgIpc) is 2.50. The molecule has 1 heterocycles. The number of para-hydroxylation sites is 1. The highest BCUT2D eigenvalue weighted by Crippen LogP contribution is 2.25. The maximum Gasteiger partial charge on any atom is 0.152 e. The minimum Gasteiger partial charge on any atom is -0.347 e. The van der Waals surface area contributed by atoms with Gasteiger partial charge < -0.3 is 4.57 Å². The van der Waals surface area contributed by atoms with E-state index in [0.29, 0.717) is 0 Å². The number of aromatic nitrogens is 1. The molecule has 2 rings (SSSR count). The summed E-state index contributed by atoms with van der Waals surface area (Å²) in [6, 6.07) is 8.22. The smallest absolute Gasteiger partial charge is 0.152 e. The lowest BCUT2D eigenvalue weighted by molar-refractivity contribution is -0.112. The first kappa shape index (κ1) is 10.7. The Morgan fingerprint density at radius 1 is 1.31 bits per heavy atom. The molecule has 0 unspecified atom stereocenters. The predicted molar refractivity (Wildman–Crippen MR) is 67.4 cm³/mol. The van der Waals surface area contributed by atoms with E-state index in [1.54, 1.807) is 13.0 Å². The van der Waals surface area contributed by atoms with Crippen molar-refractivity contribution in [1.82, 2.24) is 4.57 Å². The number of rotatable bonds is 2. The Kier molecular flexibility index (Phi) is 2.65. The van der Waals surface area contributed by atoms with Gasteiger partial charge >= 0.3 is 0 Å². The van der Waals surface area contributed by atoms with Crippen LogP contribution >= 0.6 is 0 Å². The lowest BCUT2D eigenvalue weighted by Gasteiger charge is -1.97. The van der Waals surface area contributed by atoms with E-state index in [4.69, 9.17) is 0 Å². The zero-order valence-corrected chi connectivity index (χ0v) is 9.82. The third kappa shape index (κ3) is 1.67. The van der Waals surface area contributed by atoms with Crippen LogP contribution in [-0.4, -0.2) is 10.4 Å². The molecule has 0 spiro atoms. The molecule has 0 fully saturated rings. The number of ketones is 1. The summed E-state index contributed by atoms with van der Waals surface area (Å²) in [6.07, 6.45) is 3.52. The van der Waals surface area contributed by atoms with Crippen molar-refractivity contribution in [1.29, 1.82) is 0 Å². The highest BCUT2D eigenvalue weighted by atomic mass is 16.1. The van der Waals surface area contributed by atoms with Crippen molar-refractivity contribution >= 4 is 22.8 Å². The van der Waals surface area contributed by atoms with Crippen LogP contribution in [0.1, 0.15) is 18.2 Å². The Balaban J connectivity index is 2.69. The first-order chi connectivity index (χ1) is 7.61. The van der Waals surface area contributed by atoms with Crippen molar-refractivity contribution in [3.05, 3.63) is 41.6 Å². The first-order valence-corrected chi connectivity index (χ1v) is 5.34. The summed E-state index contributed by atoms with van der Waals surface area (Å²) in [4.78, 5) is 11.0. The molecular formula is C14H15NO. The van der Waals surface area contributed by atoms with Gasteiger partial charge in [0, 0.05) is 29.2 Å². The molecule has 0 bridgehead atoms. The fourth-order valence-electron chi connectivity index (χ4n) is 1.96. The average molecular weight is 213 g/mol.